The highest BCUT2D eigenvalue weighted by atomic mass is 31.1. The van der Waals surface area contributed by atoms with Crippen LogP contribution in [0.2, 0.25) is 0 Å². The Bertz CT molecular complexity index is 19.5. The van der Waals surface area contributed by atoms with E-state index in [0.717, 1.165) is 19.0 Å². The third-order valence-electron chi connectivity index (χ3n) is 0.625. The average molecular weight is 108 g/mol. The van der Waals surface area contributed by atoms with Crippen LogP contribution in [0.3, 0.4) is 0 Å². The molecule has 0 aliphatic heterocycles. The third-order valence-corrected chi connectivity index (χ3v) is 1.17. The van der Waals surface area contributed by atoms with E-state index in [-0.39, 0.29) is 8.89 Å². The highest BCUT2D eigenvalue weighted by Crippen LogP contribution is 2.11. The second-order valence-corrected chi connectivity index (χ2v) is 2.00. The Hall–Kier alpha value is 0.360. The Morgan fingerprint density at radius 1 is 1.67 bits per heavy atom. The van der Waals surface area contributed by atoms with Crippen molar-refractivity contribution in [2.75, 3.05) is 6.16 Å². The monoisotopic (exact) mass is 108 g/mol. The summed E-state index contributed by atoms with van der Waals surface area (Å²) in [6.45, 7) is 2.07. The van der Waals surface area contributed by atoms with E-state index in [1.807, 2.05) is 0 Å². The molecule has 0 aromatic carbocycles. The van der Waals surface area contributed by atoms with E-state index in [4.69, 9.17) is 0 Å². The van der Waals surface area contributed by atoms with Crippen molar-refractivity contribution >= 4 is 8.89 Å². The first-order chi connectivity index (χ1) is 2.91. The van der Waals surface area contributed by atoms with E-state index in [9.17, 15) is 4.20 Å². The number of hydrogen-bond acceptors (Lipinski definition) is 0. The fourth-order valence-corrected chi connectivity index (χ4v) is 0.731. The fraction of sp³-hybridized carbons (Fsp3) is 1.00. The van der Waals surface area contributed by atoms with E-state index >= 15 is 0 Å². The number of rotatable bonds is 3. The van der Waals surface area contributed by atoms with Gasteiger partial charge in [0.2, 0.25) is 0 Å². The summed E-state index contributed by atoms with van der Waals surface area (Å²) < 4.78 is 11.2. The molecule has 2 heteroatoms. The maximum Gasteiger partial charge on any atom is 0.0670 e. The molecule has 0 saturated heterocycles. The van der Waals surface area contributed by atoms with Gasteiger partial charge in [0.15, 0.2) is 0 Å². The summed E-state index contributed by atoms with van der Waals surface area (Å²) in [6.07, 6.45) is 2.95. The van der Waals surface area contributed by atoms with E-state index in [0.29, 0.717) is 0 Å². The molecule has 38 valence electrons. The molecule has 1 unspecified atom stereocenters. The van der Waals surface area contributed by atoms with Gasteiger partial charge < -0.3 is 0 Å². The smallest absolute Gasteiger partial charge is 0.0670 e. The normalized spacial score (nSPS) is 11.0. The van der Waals surface area contributed by atoms with Crippen LogP contribution in [0.1, 0.15) is 19.8 Å². The molecule has 0 fully saturated rings. The van der Waals surface area contributed by atoms with Crippen molar-refractivity contribution in [3.05, 3.63) is 0 Å². The van der Waals surface area contributed by atoms with Gasteiger partial charge in [0.05, 0.1) is 8.89 Å². The zero-order valence-electron chi connectivity index (χ0n) is 4.00. The molecule has 0 saturated carbocycles. The molecule has 0 spiro atoms. The summed E-state index contributed by atoms with van der Waals surface area (Å²) in [6, 6.07) is 0. The van der Waals surface area contributed by atoms with Crippen molar-refractivity contribution in [2.24, 2.45) is 0 Å². The van der Waals surface area contributed by atoms with Crippen molar-refractivity contribution in [3.63, 3.8) is 0 Å². The molecule has 0 nitrogen and oxygen atoms in total. The molecule has 0 heterocycles. The fourth-order valence-electron chi connectivity index (χ4n) is 0.244. The molecule has 0 radical (unpaired) electrons. The Morgan fingerprint density at radius 2 is 2.33 bits per heavy atom. The topological polar surface area (TPSA) is 0 Å². The van der Waals surface area contributed by atoms with Crippen LogP contribution in [0.25, 0.3) is 0 Å². The van der Waals surface area contributed by atoms with Gasteiger partial charge in [-0.05, 0) is 12.6 Å². The van der Waals surface area contributed by atoms with Gasteiger partial charge >= 0.3 is 0 Å². The van der Waals surface area contributed by atoms with Crippen molar-refractivity contribution in [1.82, 2.24) is 0 Å². The van der Waals surface area contributed by atoms with Crippen LogP contribution in [0, 0.1) is 0 Å². The molecular formula is C4H10FP. The van der Waals surface area contributed by atoms with Crippen molar-refractivity contribution in [3.8, 4) is 0 Å². The van der Waals surface area contributed by atoms with Gasteiger partial charge in [0.1, 0.15) is 0 Å². The van der Waals surface area contributed by atoms with E-state index in [2.05, 4.69) is 6.92 Å². The van der Waals surface area contributed by atoms with E-state index < -0.39 is 0 Å². The van der Waals surface area contributed by atoms with Gasteiger partial charge in [-0.3, -0.25) is 0 Å². The van der Waals surface area contributed by atoms with Crippen LogP contribution in [0.5, 0.6) is 0 Å². The highest BCUT2D eigenvalue weighted by molar-refractivity contribution is 7.31. The summed E-state index contributed by atoms with van der Waals surface area (Å²) >= 11 is 0. The first-order valence-corrected chi connectivity index (χ1v) is 3.33. The molecule has 0 aliphatic rings. The summed E-state index contributed by atoms with van der Waals surface area (Å²) in [5.41, 5.74) is 0. The van der Waals surface area contributed by atoms with E-state index in [1.165, 1.54) is 0 Å². The molecule has 0 amide bonds. The minimum atomic E-state index is -0.335. The predicted octanol–water partition coefficient (Wildman–Crippen LogP) is 2.35. The lowest BCUT2D eigenvalue weighted by molar-refractivity contribution is 0.852. The number of halogens is 1. The maximum absolute atomic E-state index is 11.2. The van der Waals surface area contributed by atoms with Crippen LogP contribution in [0.4, 0.5) is 4.20 Å². The minimum Gasteiger partial charge on any atom is -0.231 e. The zero-order valence-corrected chi connectivity index (χ0v) is 5.00. The Morgan fingerprint density at radius 3 is 2.50 bits per heavy atom. The average Bonchev–Trinajstić information content (AvgIpc) is 1.61. The Labute approximate surface area is 40.0 Å². The zero-order chi connectivity index (χ0) is 4.83. The predicted molar refractivity (Wildman–Crippen MR) is 29.2 cm³/mol. The first-order valence-electron chi connectivity index (χ1n) is 2.25. The van der Waals surface area contributed by atoms with Gasteiger partial charge in [0, 0.05) is 0 Å². The summed E-state index contributed by atoms with van der Waals surface area (Å²) in [5, 5.41) is 0. The maximum atomic E-state index is 11.2. The molecule has 0 aromatic heterocycles. The van der Waals surface area contributed by atoms with Crippen LogP contribution >= 0.6 is 8.89 Å². The molecule has 0 N–H and O–H groups in total. The Kier molecular flexibility index (Phi) is 5.68. The SMILES string of the molecule is CCCCPF. The quantitative estimate of drug-likeness (QED) is 0.384. The highest BCUT2D eigenvalue weighted by Gasteiger charge is 1.78. The van der Waals surface area contributed by atoms with Crippen LogP contribution in [0.15, 0.2) is 0 Å². The van der Waals surface area contributed by atoms with Gasteiger partial charge in [0.25, 0.3) is 0 Å². The summed E-state index contributed by atoms with van der Waals surface area (Å²) in [7, 11) is -0.335. The van der Waals surface area contributed by atoms with Gasteiger partial charge in [-0.2, -0.15) is 0 Å². The van der Waals surface area contributed by atoms with Crippen molar-refractivity contribution in [1.29, 1.82) is 0 Å². The van der Waals surface area contributed by atoms with Gasteiger partial charge in [-0.25, -0.2) is 4.20 Å². The van der Waals surface area contributed by atoms with Crippen LogP contribution in [-0.2, 0) is 0 Å². The molecular weight excluding hydrogens is 98.0 g/mol. The minimum absolute atomic E-state index is 0.335. The van der Waals surface area contributed by atoms with E-state index in [1.54, 1.807) is 0 Å². The van der Waals surface area contributed by atoms with Crippen molar-refractivity contribution < 1.29 is 4.20 Å². The van der Waals surface area contributed by atoms with Crippen LogP contribution < -0.4 is 0 Å². The standard InChI is InChI=1S/C4H10FP/c1-2-3-4-6-5/h6H,2-4H2,1H3. The summed E-state index contributed by atoms with van der Waals surface area (Å²) in [5.74, 6) is 0. The van der Waals surface area contributed by atoms with Crippen molar-refractivity contribution in [2.45, 2.75) is 19.8 Å². The van der Waals surface area contributed by atoms with Crippen LogP contribution in [-0.4, -0.2) is 6.16 Å². The largest absolute Gasteiger partial charge is 0.231 e. The lowest BCUT2D eigenvalue weighted by Crippen LogP contribution is -1.67. The number of unbranched alkanes of at least 4 members (excludes halogenated alkanes) is 1. The third kappa shape index (κ3) is 4.36. The first kappa shape index (κ1) is 6.36. The van der Waals surface area contributed by atoms with Gasteiger partial charge in [-0.1, -0.05) is 13.3 Å². The number of hydrogen-bond donors (Lipinski definition) is 0. The molecule has 0 aromatic rings. The molecule has 0 aliphatic carbocycles. The lowest BCUT2D eigenvalue weighted by Gasteiger charge is -1.83. The second kappa shape index (κ2) is 5.36. The Balaban J connectivity index is 2.34. The molecule has 0 bridgehead atoms. The molecule has 0 rings (SSSR count). The van der Waals surface area contributed by atoms with Gasteiger partial charge in [-0.15, -0.1) is 0 Å². The summed E-state index contributed by atoms with van der Waals surface area (Å²) in [4.78, 5) is 0. The lowest BCUT2D eigenvalue weighted by atomic mass is 10.4. The second-order valence-electron chi connectivity index (χ2n) is 1.24. The molecule has 6 heavy (non-hydrogen) atoms. The molecule has 1 atom stereocenters.